The quantitative estimate of drug-likeness (QED) is 0.824. The molecule has 0 saturated carbocycles. The van der Waals surface area contributed by atoms with Gasteiger partial charge in [-0.05, 0) is 25.2 Å². The molecule has 102 valence electrons. The van der Waals surface area contributed by atoms with E-state index in [1.807, 2.05) is 0 Å². The van der Waals surface area contributed by atoms with Gasteiger partial charge in [0.25, 0.3) is 0 Å². The van der Waals surface area contributed by atoms with Crippen molar-refractivity contribution in [1.29, 1.82) is 0 Å². The fourth-order valence-corrected chi connectivity index (χ4v) is 2.50. The van der Waals surface area contributed by atoms with Gasteiger partial charge in [0.2, 0.25) is 0 Å². The van der Waals surface area contributed by atoms with Gasteiger partial charge in [0.1, 0.15) is 10.7 Å². The molecule has 1 aliphatic heterocycles. The molecule has 18 heavy (non-hydrogen) atoms. The van der Waals surface area contributed by atoms with Crippen LogP contribution in [0.15, 0.2) is 0 Å². The van der Waals surface area contributed by atoms with Crippen LogP contribution in [0.25, 0.3) is 0 Å². The number of rotatable bonds is 7. The van der Waals surface area contributed by atoms with Crippen LogP contribution >= 0.6 is 11.5 Å². The molecule has 0 bridgehead atoms. The highest BCUT2D eigenvalue weighted by molar-refractivity contribution is 7.10. The van der Waals surface area contributed by atoms with Gasteiger partial charge >= 0.3 is 0 Å². The highest BCUT2D eigenvalue weighted by Gasteiger charge is 2.14. The lowest BCUT2D eigenvalue weighted by atomic mass is 10.0. The third-order valence-corrected chi connectivity index (χ3v) is 3.75. The molecule has 1 saturated heterocycles. The minimum atomic E-state index is 0.555. The molecule has 1 aromatic heterocycles. The number of anilines is 1. The summed E-state index contributed by atoms with van der Waals surface area (Å²) < 4.78 is 15.0. The number of aromatic nitrogens is 2. The van der Waals surface area contributed by atoms with E-state index >= 15 is 0 Å². The van der Waals surface area contributed by atoms with Crippen molar-refractivity contribution in [2.75, 3.05) is 31.7 Å². The summed E-state index contributed by atoms with van der Waals surface area (Å²) in [7, 11) is 0. The topological polar surface area (TPSA) is 56.3 Å². The second-order valence-corrected chi connectivity index (χ2v) is 5.30. The van der Waals surface area contributed by atoms with Gasteiger partial charge in [-0.1, -0.05) is 11.4 Å². The highest BCUT2D eigenvalue weighted by Crippen LogP contribution is 2.20. The van der Waals surface area contributed by atoms with Gasteiger partial charge in [0.05, 0.1) is 13.2 Å². The first-order valence-corrected chi connectivity index (χ1v) is 7.38. The summed E-state index contributed by atoms with van der Waals surface area (Å²) in [6, 6.07) is 0. The lowest BCUT2D eigenvalue weighted by molar-refractivity contribution is 0.0151. The molecule has 0 unspecified atom stereocenters. The fraction of sp³-hybridized carbons (Fsp3) is 0.833. The maximum atomic E-state index is 5.75. The summed E-state index contributed by atoms with van der Waals surface area (Å²) in [6.45, 7) is 6.19. The molecule has 0 amide bonds. The highest BCUT2D eigenvalue weighted by atomic mass is 32.1. The Bertz CT molecular complexity index is 340. The summed E-state index contributed by atoms with van der Waals surface area (Å²) in [5.41, 5.74) is 0.931. The van der Waals surface area contributed by atoms with Gasteiger partial charge in [-0.25, -0.2) is 0 Å². The lowest BCUT2D eigenvalue weighted by Gasteiger charge is -2.21. The van der Waals surface area contributed by atoms with Crippen molar-refractivity contribution in [2.24, 2.45) is 5.92 Å². The number of ether oxygens (including phenoxy) is 2. The SMILES string of the molecule is CCCNc1snnc1COCC1CCOCC1. The second-order valence-electron chi connectivity index (χ2n) is 4.55. The minimum absolute atomic E-state index is 0.555. The molecule has 5 nitrogen and oxygen atoms in total. The van der Waals surface area contributed by atoms with E-state index in [1.165, 1.54) is 11.5 Å². The fourth-order valence-electron chi connectivity index (χ4n) is 1.91. The van der Waals surface area contributed by atoms with Crippen LogP contribution < -0.4 is 5.32 Å². The van der Waals surface area contributed by atoms with Crippen molar-refractivity contribution in [3.05, 3.63) is 5.69 Å². The summed E-state index contributed by atoms with van der Waals surface area (Å²) in [6.07, 6.45) is 3.31. The van der Waals surface area contributed by atoms with E-state index in [1.54, 1.807) is 0 Å². The van der Waals surface area contributed by atoms with Crippen LogP contribution in [0.2, 0.25) is 0 Å². The molecule has 0 radical (unpaired) electrons. The first-order chi connectivity index (χ1) is 8.90. The number of hydrogen-bond donors (Lipinski definition) is 1. The zero-order valence-corrected chi connectivity index (χ0v) is 11.7. The van der Waals surface area contributed by atoms with Gasteiger partial charge < -0.3 is 14.8 Å². The Labute approximate surface area is 112 Å². The smallest absolute Gasteiger partial charge is 0.135 e. The van der Waals surface area contributed by atoms with E-state index in [9.17, 15) is 0 Å². The number of nitrogens with zero attached hydrogens (tertiary/aromatic N) is 2. The Morgan fingerprint density at radius 2 is 2.28 bits per heavy atom. The van der Waals surface area contributed by atoms with Crippen LogP contribution in [0.1, 0.15) is 31.9 Å². The van der Waals surface area contributed by atoms with Crippen molar-refractivity contribution < 1.29 is 9.47 Å². The summed E-state index contributed by atoms with van der Waals surface area (Å²) in [5, 5.41) is 8.48. The Kier molecular flexibility index (Phi) is 5.83. The van der Waals surface area contributed by atoms with Gasteiger partial charge in [0.15, 0.2) is 0 Å². The predicted octanol–water partition coefficient (Wildman–Crippen LogP) is 2.30. The maximum absolute atomic E-state index is 5.75. The molecule has 0 spiro atoms. The Morgan fingerprint density at radius 3 is 3.06 bits per heavy atom. The van der Waals surface area contributed by atoms with E-state index in [0.717, 1.165) is 56.3 Å². The molecule has 1 N–H and O–H groups in total. The zero-order valence-electron chi connectivity index (χ0n) is 10.9. The molecule has 1 aliphatic rings. The van der Waals surface area contributed by atoms with E-state index < -0.39 is 0 Å². The van der Waals surface area contributed by atoms with Crippen molar-refractivity contribution in [2.45, 2.75) is 32.8 Å². The largest absolute Gasteiger partial charge is 0.381 e. The average molecular weight is 271 g/mol. The third kappa shape index (κ3) is 4.19. The molecule has 0 atom stereocenters. The third-order valence-electron chi connectivity index (χ3n) is 3.02. The van der Waals surface area contributed by atoms with Crippen molar-refractivity contribution in [3.63, 3.8) is 0 Å². The van der Waals surface area contributed by atoms with Crippen molar-refractivity contribution >= 4 is 16.5 Å². The molecule has 2 rings (SSSR count). The minimum Gasteiger partial charge on any atom is -0.381 e. The summed E-state index contributed by atoms with van der Waals surface area (Å²) in [5.74, 6) is 0.636. The van der Waals surface area contributed by atoms with Gasteiger partial charge in [-0.15, -0.1) is 5.10 Å². The Hall–Kier alpha value is -0.720. The molecular weight excluding hydrogens is 250 g/mol. The van der Waals surface area contributed by atoms with Crippen molar-refractivity contribution in [1.82, 2.24) is 9.59 Å². The number of nitrogens with one attached hydrogen (secondary N) is 1. The first-order valence-electron chi connectivity index (χ1n) is 6.60. The Balaban J connectivity index is 1.70. The maximum Gasteiger partial charge on any atom is 0.135 e. The van der Waals surface area contributed by atoms with Crippen LogP contribution in [0.4, 0.5) is 5.00 Å². The van der Waals surface area contributed by atoms with Gasteiger partial charge in [-0.2, -0.15) is 0 Å². The lowest BCUT2D eigenvalue weighted by Crippen LogP contribution is -2.20. The monoisotopic (exact) mass is 271 g/mol. The molecule has 6 heteroatoms. The van der Waals surface area contributed by atoms with Crippen LogP contribution in [0, 0.1) is 5.92 Å². The van der Waals surface area contributed by atoms with Crippen LogP contribution in [0.5, 0.6) is 0 Å². The van der Waals surface area contributed by atoms with Crippen LogP contribution in [0.3, 0.4) is 0 Å². The van der Waals surface area contributed by atoms with E-state index in [4.69, 9.17) is 9.47 Å². The van der Waals surface area contributed by atoms with Gasteiger partial charge in [-0.3, -0.25) is 0 Å². The number of hydrogen-bond acceptors (Lipinski definition) is 6. The van der Waals surface area contributed by atoms with E-state index in [-0.39, 0.29) is 0 Å². The molecule has 0 aromatic carbocycles. The van der Waals surface area contributed by atoms with Crippen LogP contribution in [-0.4, -0.2) is 36.0 Å². The zero-order chi connectivity index (χ0) is 12.6. The molecule has 2 heterocycles. The molecule has 1 fully saturated rings. The second kappa shape index (κ2) is 7.66. The molecule has 0 aliphatic carbocycles. The van der Waals surface area contributed by atoms with Crippen molar-refractivity contribution in [3.8, 4) is 0 Å². The molecular formula is C12H21N3O2S. The van der Waals surface area contributed by atoms with E-state index in [2.05, 4.69) is 21.8 Å². The van der Waals surface area contributed by atoms with E-state index in [0.29, 0.717) is 12.5 Å². The average Bonchev–Trinajstić information content (AvgIpc) is 2.85. The predicted molar refractivity (Wildman–Crippen MR) is 71.9 cm³/mol. The Morgan fingerprint density at radius 1 is 1.44 bits per heavy atom. The van der Waals surface area contributed by atoms with Crippen LogP contribution in [-0.2, 0) is 16.1 Å². The normalized spacial score (nSPS) is 16.9. The summed E-state index contributed by atoms with van der Waals surface area (Å²) >= 11 is 1.40. The van der Waals surface area contributed by atoms with Gasteiger partial charge in [0, 0.05) is 31.3 Å². The summed E-state index contributed by atoms with van der Waals surface area (Å²) in [4.78, 5) is 0. The standard InChI is InChI=1S/C12H21N3O2S/c1-2-5-13-12-11(14-15-18-12)9-17-8-10-3-6-16-7-4-10/h10,13H,2-9H2,1H3. The molecule has 1 aromatic rings. The first kappa shape index (κ1) is 13.7.